The zero-order valence-corrected chi connectivity index (χ0v) is 17.4. The van der Waals surface area contributed by atoms with E-state index in [2.05, 4.69) is 10.1 Å². The maximum atomic E-state index is 12.9. The molecule has 32 heavy (non-hydrogen) atoms. The summed E-state index contributed by atoms with van der Waals surface area (Å²) in [4.78, 5) is 22.2. The number of ether oxygens (including phenoxy) is 2. The molecule has 0 amide bonds. The molecule has 0 N–H and O–H groups in total. The van der Waals surface area contributed by atoms with Crippen LogP contribution in [0.3, 0.4) is 0 Å². The minimum Gasteiger partial charge on any atom is -0.497 e. The van der Waals surface area contributed by atoms with E-state index in [0.29, 0.717) is 59.3 Å². The van der Waals surface area contributed by atoms with E-state index >= 15 is 0 Å². The Hall–Kier alpha value is -3.94. The third-order valence-corrected chi connectivity index (χ3v) is 5.99. The van der Waals surface area contributed by atoms with E-state index in [0.717, 1.165) is 17.7 Å². The van der Waals surface area contributed by atoms with Crippen LogP contribution in [0.2, 0.25) is 0 Å². The molecule has 6 rings (SSSR count). The van der Waals surface area contributed by atoms with Crippen LogP contribution < -0.4 is 9.47 Å². The van der Waals surface area contributed by atoms with Gasteiger partial charge in [-0.3, -0.25) is 4.79 Å². The van der Waals surface area contributed by atoms with E-state index < -0.39 is 5.92 Å². The number of nitrogens with zero attached hydrogens (tertiary/aromatic N) is 4. The van der Waals surface area contributed by atoms with Crippen LogP contribution in [0.1, 0.15) is 47.9 Å². The highest BCUT2D eigenvalue weighted by molar-refractivity contribution is 5.99. The molecule has 0 saturated heterocycles. The smallest absolute Gasteiger partial charge is 0.228 e. The van der Waals surface area contributed by atoms with Gasteiger partial charge in [0.1, 0.15) is 23.6 Å². The zero-order valence-electron chi connectivity index (χ0n) is 17.4. The lowest BCUT2D eigenvalue weighted by Crippen LogP contribution is -2.26. The second-order valence-electron chi connectivity index (χ2n) is 7.95. The summed E-state index contributed by atoms with van der Waals surface area (Å²) < 4.78 is 18.7. The molecule has 0 spiro atoms. The third kappa shape index (κ3) is 2.98. The zero-order chi connectivity index (χ0) is 21.7. The van der Waals surface area contributed by atoms with Crippen LogP contribution in [-0.4, -0.2) is 32.5 Å². The number of allylic oxidation sites excluding steroid dienone is 2. The Labute approximate surface area is 183 Å². The SMILES string of the molecule is COc1ccc(Cc2nc3c4c(ncn3n2)OC2=C(C(=O)CCC2)C4c2ccco2)cc1. The van der Waals surface area contributed by atoms with Crippen molar-refractivity contribution >= 4 is 11.4 Å². The summed E-state index contributed by atoms with van der Waals surface area (Å²) in [5, 5.41) is 4.62. The molecule has 8 heteroatoms. The molecular formula is C24H20N4O4. The number of carbonyl (C=O) groups is 1. The number of benzene rings is 1. The van der Waals surface area contributed by atoms with Crippen molar-refractivity contribution in [3.05, 3.63) is 83.0 Å². The van der Waals surface area contributed by atoms with Gasteiger partial charge >= 0.3 is 0 Å². The van der Waals surface area contributed by atoms with Crippen molar-refractivity contribution in [2.45, 2.75) is 31.6 Å². The average Bonchev–Trinajstić information content (AvgIpc) is 3.48. The number of methoxy groups -OCH3 is 1. The number of ketones is 1. The topological polar surface area (TPSA) is 91.8 Å². The maximum Gasteiger partial charge on any atom is 0.228 e. The van der Waals surface area contributed by atoms with Crippen molar-refractivity contribution < 1.29 is 18.7 Å². The van der Waals surface area contributed by atoms with E-state index in [9.17, 15) is 4.79 Å². The van der Waals surface area contributed by atoms with E-state index in [4.69, 9.17) is 18.9 Å². The number of hydrogen-bond donors (Lipinski definition) is 0. The Morgan fingerprint density at radius 1 is 1.19 bits per heavy atom. The van der Waals surface area contributed by atoms with Gasteiger partial charge < -0.3 is 13.9 Å². The number of rotatable bonds is 4. The summed E-state index contributed by atoms with van der Waals surface area (Å²) in [6, 6.07) is 11.5. The summed E-state index contributed by atoms with van der Waals surface area (Å²) in [6.07, 6.45) is 5.76. The number of hydrogen-bond acceptors (Lipinski definition) is 7. The normalized spacial score (nSPS) is 17.8. The van der Waals surface area contributed by atoms with Gasteiger partial charge in [-0.25, -0.2) is 14.5 Å². The fourth-order valence-electron chi connectivity index (χ4n) is 4.50. The predicted octanol–water partition coefficient (Wildman–Crippen LogP) is 3.85. The minimum absolute atomic E-state index is 0.0817. The predicted molar refractivity (Wildman–Crippen MR) is 114 cm³/mol. The molecular weight excluding hydrogens is 408 g/mol. The van der Waals surface area contributed by atoms with Crippen LogP contribution in [0.4, 0.5) is 0 Å². The van der Waals surface area contributed by atoms with Gasteiger partial charge in [-0.05, 0) is 36.2 Å². The Morgan fingerprint density at radius 3 is 2.84 bits per heavy atom. The minimum atomic E-state index is -0.411. The molecule has 3 aromatic heterocycles. The lowest BCUT2D eigenvalue weighted by molar-refractivity contribution is -0.116. The number of carbonyl (C=O) groups excluding carboxylic acids is 1. The highest BCUT2D eigenvalue weighted by Crippen LogP contribution is 2.47. The standard InChI is InChI=1S/C24H20N4O4/c1-30-15-9-7-14(8-10-15)12-19-26-23-22-21(17-6-3-11-31-17)20-16(29)4-2-5-18(20)32-24(22)25-13-28(23)27-19/h3,6-11,13,21H,2,4-5,12H2,1H3. The quantitative estimate of drug-likeness (QED) is 0.488. The number of aromatic nitrogens is 4. The van der Waals surface area contributed by atoms with Crippen molar-refractivity contribution in [3.63, 3.8) is 0 Å². The third-order valence-electron chi connectivity index (χ3n) is 5.99. The highest BCUT2D eigenvalue weighted by atomic mass is 16.5. The maximum absolute atomic E-state index is 12.9. The van der Waals surface area contributed by atoms with Gasteiger partial charge in [-0.1, -0.05) is 12.1 Å². The van der Waals surface area contributed by atoms with Crippen molar-refractivity contribution in [1.82, 2.24) is 19.6 Å². The molecule has 1 atom stereocenters. The first kappa shape index (κ1) is 18.8. The fourth-order valence-corrected chi connectivity index (χ4v) is 4.50. The molecule has 1 aliphatic carbocycles. The molecule has 1 aliphatic heterocycles. The van der Waals surface area contributed by atoms with Gasteiger partial charge in [0.15, 0.2) is 17.3 Å². The molecule has 0 saturated carbocycles. The molecule has 0 bridgehead atoms. The lowest BCUT2D eigenvalue weighted by Gasteiger charge is -2.30. The molecule has 4 heterocycles. The summed E-state index contributed by atoms with van der Waals surface area (Å²) >= 11 is 0. The fraction of sp³-hybridized carbons (Fsp3) is 0.250. The van der Waals surface area contributed by atoms with Gasteiger partial charge in [0.25, 0.3) is 0 Å². The summed E-state index contributed by atoms with van der Waals surface area (Å²) in [7, 11) is 1.64. The Bertz CT molecular complexity index is 1350. The van der Waals surface area contributed by atoms with Crippen LogP contribution in [0.5, 0.6) is 11.6 Å². The van der Waals surface area contributed by atoms with Crippen molar-refractivity contribution in [2.24, 2.45) is 0 Å². The number of furan rings is 1. The van der Waals surface area contributed by atoms with Gasteiger partial charge in [-0.15, -0.1) is 5.10 Å². The van der Waals surface area contributed by atoms with Crippen LogP contribution >= 0.6 is 0 Å². The molecule has 0 radical (unpaired) electrons. The van der Waals surface area contributed by atoms with Crippen LogP contribution in [0.25, 0.3) is 5.65 Å². The van der Waals surface area contributed by atoms with Crippen molar-refractivity contribution in [1.29, 1.82) is 0 Å². The molecule has 8 nitrogen and oxygen atoms in total. The van der Waals surface area contributed by atoms with Crippen LogP contribution in [0.15, 0.2) is 64.7 Å². The van der Waals surface area contributed by atoms with E-state index in [1.807, 2.05) is 36.4 Å². The summed E-state index contributed by atoms with van der Waals surface area (Å²) in [6.45, 7) is 0. The highest BCUT2D eigenvalue weighted by Gasteiger charge is 2.40. The van der Waals surface area contributed by atoms with E-state index in [1.165, 1.54) is 0 Å². The molecule has 4 aromatic rings. The number of fused-ring (bicyclic) bond motifs is 3. The van der Waals surface area contributed by atoms with E-state index in [1.54, 1.807) is 24.2 Å². The average molecular weight is 428 g/mol. The van der Waals surface area contributed by atoms with Gasteiger partial charge in [0, 0.05) is 24.8 Å². The Kier molecular flexibility index (Phi) is 4.31. The molecule has 1 aromatic carbocycles. The van der Waals surface area contributed by atoms with E-state index in [-0.39, 0.29) is 5.78 Å². The molecule has 1 unspecified atom stereocenters. The molecule has 2 aliphatic rings. The first-order valence-corrected chi connectivity index (χ1v) is 10.6. The van der Waals surface area contributed by atoms with Gasteiger partial charge in [-0.2, -0.15) is 0 Å². The summed E-state index contributed by atoms with van der Waals surface area (Å²) in [5.74, 6) is 2.93. The second-order valence-corrected chi connectivity index (χ2v) is 7.95. The van der Waals surface area contributed by atoms with Crippen LogP contribution in [-0.2, 0) is 11.2 Å². The Balaban J connectivity index is 1.47. The van der Waals surface area contributed by atoms with Crippen molar-refractivity contribution in [2.75, 3.05) is 7.11 Å². The lowest BCUT2D eigenvalue weighted by atomic mass is 9.80. The summed E-state index contributed by atoms with van der Waals surface area (Å²) in [5.41, 5.74) is 3.04. The molecule has 160 valence electrons. The molecule has 0 fully saturated rings. The first-order valence-electron chi connectivity index (χ1n) is 10.6. The van der Waals surface area contributed by atoms with Gasteiger partial charge in [0.05, 0.1) is 24.9 Å². The second kappa shape index (κ2) is 7.33. The first-order chi connectivity index (χ1) is 15.7. The number of Topliss-reactive ketones (excluding diaryl/α,β-unsaturated/α-hetero) is 1. The van der Waals surface area contributed by atoms with Crippen LogP contribution in [0, 0.1) is 0 Å². The van der Waals surface area contributed by atoms with Crippen molar-refractivity contribution in [3.8, 4) is 11.6 Å². The van der Waals surface area contributed by atoms with Gasteiger partial charge in [0.2, 0.25) is 5.88 Å². The Morgan fingerprint density at radius 2 is 2.06 bits per heavy atom. The monoisotopic (exact) mass is 428 g/mol. The largest absolute Gasteiger partial charge is 0.497 e.